The van der Waals surface area contributed by atoms with Crippen LogP contribution in [-0.4, -0.2) is 18.5 Å². The van der Waals surface area contributed by atoms with Crippen LogP contribution in [0.2, 0.25) is 0 Å². The minimum atomic E-state index is 0.646. The monoisotopic (exact) mass is 201 g/mol. The number of hydrogen-bond acceptors (Lipinski definition) is 1. The maximum absolute atomic E-state index is 2.32. The Morgan fingerprint density at radius 2 is 2.00 bits per heavy atom. The van der Waals surface area contributed by atoms with Crippen molar-refractivity contribution in [3.05, 3.63) is 47.7 Å². The highest BCUT2D eigenvalue weighted by molar-refractivity contribution is 5.29. The van der Waals surface area contributed by atoms with E-state index in [9.17, 15) is 0 Å². The van der Waals surface area contributed by atoms with Crippen molar-refractivity contribution < 1.29 is 0 Å². The van der Waals surface area contributed by atoms with Crippen molar-refractivity contribution in [1.82, 2.24) is 4.90 Å². The molecule has 1 aromatic rings. The van der Waals surface area contributed by atoms with Gasteiger partial charge in [0.2, 0.25) is 0 Å². The first kappa shape index (κ1) is 10.3. The van der Waals surface area contributed by atoms with E-state index in [1.54, 1.807) is 5.57 Å². The van der Waals surface area contributed by atoms with Gasteiger partial charge in [-0.05, 0) is 30.2 Å². The van der Waals surface area contributed by atoms with Crippen molar-refractivity contribution in [2.45, 2.75) is 25.7 Å². The Kier molecular flexibility index (Phi) is 3.10. The van der Waals surface area contributed by atoms with Crippen molar-refractivity contribution in [2.75, 3.05) is 13.6 Å². The maximum atomic E-state index is 2.32. The van der Waals surface area contributed by atoms with Gasteiger partial charge in [-0.3, -0.25) is 0 Å². The molecule has 1 heterocycles. The number of nitrogens with zero attached hydrogens (tertiary/aromatic N) is 1. The zero-order valence-corrected chi connectivity index (χ0v) is 9.61. The van der Waals surface area contributed by atoms with Crippen LogP contribution in [0.15, 0.2) is 42.1 Å². The van der Waals surface area contributed by atoms with Crippen molar-refractivity contribution in [2.24, 2.45) is 0 Å². The lowest BCUT2D eigenvalue weighted by Crippen LogP contribution is -2.22. The average molecular weight is 201 g/mol. The predicted molar refractivity (Wildman–Crippen MR) is 64.8 cm³/mol. The highest BCUT2D eigenvalue weighted by atomic mass is 15.1. The van der Waals surface area contributed by atoms with Gasteiger partial charge in [0.05, 0.1) is 0 Å². The van der Waals surface area contributed by atoms with Gasteiger partial charge in [0.15, 0.2) is 0 Å². The second-order valence-electron chi connectivity index (χ2n) is 4.29. The number of benzene rings is 1. The summed E-state index contributed by atoms with van der Waals surface area (Å²) in [7, 11) is 2.16. The minimum Gasteiger partial charge on any atom is -0.380 e. The molecular formula is C14H19N. The molecule has 1 atom stereocenters. The van der Waals surface area contributed by atoms with Gasteiger partial charge in [-0.25, -0.2) is 0 Å². The quantitative estimate of drug-likeness (QED) is 0.709. The standard InChI is InChI=1S/C14H19N/c1-3-12-11-15(2)10-9-14(12)13-7-5-4-6-8-13/h4-8,11,14H,3,9-10H2,1-2H3. The molecule has 0 saturated heterocycles. The molecule has 80 valence electrons. The summed E-state index contributed by atoms with van der Waals surface area (Å²) in [6.45, 7) is 3.42. The lowest BCUT2D eigenvalue weighted by molar-refractivity contribution is 0.392. The van der Waals surface area contributed by atoms with E-state index in [2.05, 4.69) is 55.4 Å². The van der Waals surface area contributed by atoms with Crippen LogP contribution in [-0.2, 0) is 0 Å². The smallest absolute Gasteiger partial charge is 0.0178 e. The fourth-order valence-electron chi connectivity index (χ4n) is 2.36. The van der Waals surface area contributed by atoms with Crippen molar-refractivity contribution in [1.29, 1.82) is 0 Å². The van der Waals surface area contributed by atoms with Crippen molar-refractivity contribution >= 4 is 0 Å². The van der Waals surface area contributed by atoms with E-state index >= 15 is 0 Å². The van der Waals surface area contributed by atoms with Gasteiger partial charge in [0.1, 0.15) is 0 Å². The number of allylic oxidation sites excluding steroid dienone is 1. The topological polar surface area (TPSA) is 3.24 Å². The SMILES string of the molecule is CCC1=CN(C)CCC1c1ccccc1. The molecule has 0 radical (unpaired) electrons. The molecule has 0 aliphatic carbocycles. The second kappa shape index (κ2) is 4.52. The Bertz CT molecular complexity index is 340. The molecule has 1 unspecified atom stereocenters. The maximum Gasteiger partial charge on any atom is 0.0178 e. The van der Waals surface area contributed by atoms with Gasteiger partial charge in [0, 0.05) is 19.5 Å². The summed E-state index contributed by atoms with van der Waals surface area (Å²) in [6.07, 6.45) is 4.73. The van der Waals surface area contributed by atoms with E-state index in [0.717, 1.165) is 6.42 Å². The third-order valence-electron chi connectivity index (χ3n) is 3.21. The van der Waals surface area contributed by atoms with Crippen LogP contribution >= 0.6 is 0 Å². The van der Waals surface area contributed by atoms with Crippen LogP contribution in [0, 0.1) is 0 Å². The molecule has 15 heavy (non-hydrogen) atoms. The Labute approximate surface area is 92.4 Å². The third-order valence-corrected chi connectivity index (χ3v) is 3.21. The molecule has 0 aromatic heterocycles. The fourth-order valence-corrected chi connectivity index (χ4v) is 2.36. The largest absolute Gasteiger partial charge is 0.380 e. The van der Waals surface area contributed by atoms with E-state index in [1.165, 1.54) is 18.5 Å². The molecular weight excluding hydrogens is 182 g/mol. The number of rotatable bonds is 2. The molecule has 1 heteroatoms. The van der Waals surface area contributed by atoms with Gasteiger partial charge in [-0.15, -0.1) is 0 Å². The molecule has 0 fully saturated rings. The normalized spacial score (nSPS) is 21.3. The van der Waals surface area contributed by atoms with Gasteiger partial charge in [-0.2, -0.15) is 0 Å². The van der Waals surface area contributed by atoms with Gasteiger partial charge >= 0.3 is 0 Å². The van der Waals surface area contributed by atoms with Gasteiger partial charge in [0.25, 0.3) is 0 Å². The highest BCUT2D eigenvalue weighted by Crippen LogP contribution is 2.32. The molecule has 1 aliphatic heterocycles. The van der Waals surface area contributed by atoms with E-state index in [1.807, 2.05) is 0 Å². The summed E-state index contributed by atoms with van der Waals surface area (Å²) in [5, 5.41) is 0. The summed E-state index contributed by atoms with van der Waals surface area (Å²) < 4.78 is 0. The zero-order chi connectivity index (χ0) is 10.7. The Hall–Kier alpha value is -1.24. The average Bonchev–Trinajstić information content (AvgIpc) is 2.30. The van der Waals surface area contributed by atoms with Crippen LogP contribution in [0.4, 0.5) is 0 Å². The first-order chi connectivity index (χ1) is 7.31. The Morgan fingerprint density at radius 3 is 2.67 bits per heavy atom. The second-order valence-corrected chi connectivity index (χ2v) is 4.29. The number of hydrogen-bond donors (Lipinski definition) is 0. The van der Waals surface area contributed by atoms with Crippen LogP contribution in [0.1, 0.15) is 31.2 Å². The lowest BCUT2D eigenvalue weighted by atomic mass is 9.85. The van der Waals surface area contributed by atoms with E-state index in [4.69, 9.17) is 0 Å². The molecule has 0 spiro atoms. The van der Waals surface area contributed by atoms with Crippen molar-refractivity contribution in [3.8, 4) is 0 Å². The molecule has 1 aliphatic rings. The van der Waals surface area contributed by atoms with Crippen LogP contribution in [0.5, 0.6) is 0 Å². The summed E-state index contributed by atoms with van der Waals surface area (Å²) in [6, 6.07) is 10.9. The summed E-state index contributed by atoms with van der Waals surface area (Å²) in [5.41, 5.74) is 3.04. The first-order valence-corrected chi connectivity index (χ1v) is 5.77. The molecule has 0 amide bonds. The van der Waals surface area contributed by atoms with Gasteiger partial charge < -0.3 is 4.90 Å². The predicted octanol–water partition coefficient (Wildman–Crippen LogP) is 3.40. The fraction of sp³-hybridized carbons (Fsp3) is 0.429. The highest BCUT2D eigenvalue weighted by Gasteiger charge is 2.19. The lowest BCUT2D eigenvalue weighted by Gasteiger charge is -2.30. The molecule has 0 saturated carbocycles. The Balaban J connectivity index is 2.26. The molecule has 1 nitrogen and oxygen atoms in total. The molecule has 1 aromatic carbocycles. The van der Waals surface area contributed by atoms with Crippen LogP contribution in [0.25, 0.3) is 0 Å². The van der Waals surface area contributed by atoms with E-state index in [-0.39, 0.29) is 0 Å². The van der Waals surface area contributed by atoms with Crippen molar-refractivity contribution in [3.63, 3.8) is 0 Å². The van der Waals surface area contributed by atoms with Gasteiger partial charge in [-0.1, -0.05) is 37.3 Å². The van der Waals surface area contributed by atoms with Crippen LogP contribution in [0.3, 0.4) is 0 Å². The summed E-state index contributed by atoms with van der Waals surface area (Å²) in [5.74, 6) is 0.646. The van der Waals surface area contributed by atoms with Crippen LogP contribution < -0.4 is 0 Å². The first-order valence-electron chi connectivity index (χ1n) is 5.77. The van der Waals surface area contributed by atoms with E-state index < -0.39 is 0 Å². The zero-order valence-electron chi connectivity index (χ0n) is 9.61. The minimum absolute atomic E-state index is 0.646. The summed E-state index contributed by atoms with van der Waals surface area (Å²) in [4.78, 5) is 2.30. The molecule has 0 N–H and O–H groups in total. The molecule has 0 bridgehead atoms. The molecule has 2 rings (SSSR count). The third kappa shape index (κ3) is 2.23. The van der Waals surface area contributed by atoms with E-state index in [0.29, 0.717) is 5.92 Å². The summed E-state index contributed by atoms with van der Waals surface area (Å²) >= 11 is 0. The Morgan fingerprint density at radius 1 is 1.27 bits per heavy atom.